The molecule has 0 amide bonds. The Morgan fingerprint density at radius 1 is 1.42 bits per heavy atom. The lowest BCUT2D eigenvalue weighted by atomic mass is 10.0. The number of aryl methyl sites for hydroxylation is 1. The molecule has 0 heterocycles. The van der Waals surface area contributed by atoms with Gasteiger partial charge in [-0.05, 0) is 24.5 Å². The van der Waals surface area contributed by atoms with Gasteiger partial charge in [0.25, 0.3) is 0 Å². The van der Waals surface area contributed by atoms with Crippen molar-refractivity contribution in [2.24, 2.45) is 0 Å². The molecule has 0 spiro atoms. The molecule has 1 rings (SSSR count). The zero-order valence-corrected chi connectivity index (χ0v) is 8.50. The smallest absolute Gasteiger partial charge is 0.247 e. The standard InChI is InChI=1S/C10H13OSi/c1-3-10(11-12)9-7-5-4-6-8(9)2/h4-7,10H,3H2,1-2H3. The van der Waals surface area contributed by atoms with E-state index in [9.17, 15) is 0 Å². The first-order valence-electron chi connectivity index (χ1n) is 4.17. The quantitative estimate of drug-likeness (QED) is 0.645. The summed E-state index contributed by atoms with van der Waals surface area (Å²) in [6.07, 6.45) is 1.15. The van der Waals surface area contributed by atoms with Crippen LogP contribution >= 0.6 is 0 Å². The summed E-state index contributed by atoms with van der Waals surface area (Å²) in [5.41, 5.74) is 2.54. The second-order valence-corrected chi connectivity index (χ2v) is 3.11. The lowest BCUT2D eigenvalue weighted by Gasteiger charge is -2.15. The summed E-state index contributed by atoms with van der Waals surface area (Å²) >= 11 is 0. The van der Waals surface area contributed by atoms with Crippen LogP contribution in [0.1, 0.15) is 30.6 Å². The van der Waals surface area contributed by atoms with Gasteiger partial charge in [0.2, 0.25) is 10.5 Å². The zero-order valence-electron chi connectivity index (χ0n) is 7.50. The maximum Gasteiger partial charge on any atom is 0.247 e. The van der Waals surface area contributed by atoms with Gasteiger partial charge < -0.3 is 4.43 Å². The Kier molecular flexibility index (Phi) is 3.50. The van der Waals surface area contributed by atoms with Gasteiger partial charge in [0.05, 0.1) is 6.10 Å². The van der Waals surface area contributed by atoms with Crippen LogP contribution in [0.3, 0.4) is 0 Å². The molecule has 0 aliphatic heterocycles. The van der Waals surface area contributed by atoms with Crippen LogP contribution in [0.25, 0.3) is 0 Å². The van der Waals surface area contributed by atoms with Crippen molar-refractivity contribution >= 4 is 10.5 Å². The van der Waals surface area contributed by atoms with E-state index in [0.29, 0.717) is 0 Å². The number of rotatable bonds is 3. The molecule has 1 aromatic carbocycles. The lowest BCUT2D eigenvalue weighted by Crippen LogP contribution is -2.02. The van der Waals surface area contributed by atoms with Crippen molar-refractivity contribution in [2.45, 2.75) is 26.4 Å². The fourth-order valence-electron chi connectivity index (χ4n) is 1.31. The molecule has 1 nitrogen and oxygen atoms in total. The maximum absolute atomic E-state index is 5.17. The van der Waals surface area contributed by atoms with Crippen LogP contribution in [-0.4, -0.2) is 10.5 Å². The Bertz CT molecular complexity index is 243. The van der Waals surface area contributed by atoms with E-state index in [-0.39, 0.29) is 6.10 Å². The third-order valence-corrected chi connectivity index (χ3v) is 2.33. The van der Waals surface area contributed by atoms with Crippen LogP contribution in [0, 0.1) is 6.92 Å². The molecule has 3 radical (unpaired) electrons. The highest BCUT2D eigenvalue weighted by atomic mass is 28.2. The van der Waals surface area contributed by atoms with Gasteiger partial charge in [-0.1, -0.05) is 31.2 Å². The predicted molar refractivity (Wildman–Crippen MR) is 51.1 cm³/mol. The Balaban J connectivity index is 2.92. The number of hydrogen-bond acceptors (Lipinski definition) is 1. The Labute approximate surface area is 77.3 Å². The fourth-order valence-corrected chi connectivity index (χ4v) is 1.61. The van der Waals surface area contributed by atoms with Crippen LogP contribution in [0.5, 0.6) is 0 Å². The molecular formula is C10H13OSi. The Morgan fingerprint density at radius 3 is 2.58 bits per heavy atom. The van der Waals surface area contributed by atoms with Crippen LogP contribution in [0.15, 0.2) is 24.3 Å². The second-order valence-electron chi connectivity index (χ2n) is 2.87. The Hall–Kier alpha value is -0.603. The number of hydrogen-bond donors (Lipinski definition) is 0. The average molecular weight is 177 g/mol. The molecule has 2 heteroatoms. The molecule has 0 saturated carbocycles. The first kappa shape index (κ1) is 9.48. The largest absolute Gasteiger partial charge is 0.412 e. The summed E-state index contributed by atoms with van der Waals surface area (Å²) < 4.78 is 5.17. The SMILES string of the molecule is CCC(O[Si])c1ccccc1C. The Morgan fingerprint density at radius 2 is 2.08 bits per heavy atom. The molecule has 0 fully saturated rings. The first-order chi connectivity index (χ1) is 5.79. The highest BCUT2D eigenvalue weighted by Crippen LogP contribution is 2.22. The summed E-state index contributed by atoms with van der Waals surface area (Å²) in [5, 5.41) is 0. The van der Waals surface area contributed by atoms with E-state index in [1.165, 1.54) is 11.1 Å². The molecular weight excluding hydrogens is 164 g/mol. The molecule has 0 aliphatic rings. The van der Waals surface area contributed by atoms with Crippen molar-refractivity contribution in [3.63, 3.8) is 0 Å². The molecule has 0 aromatic heterocycles. The molecule has 0 aliphatic carbocycles. The van der Waals surface area contributed by atoms with Crippen molar-refractivity contribution < 1.29 is 4.43 Å². The van der Waals surface area contributed by atoms with Crippen LogP contribution < -0.4 is 0 Å². The highest BCUT2D eigenvalue weighted by molar-refractivity contribution is 5.98. The van der Waals surface area contributed by atoms with Gasteiger partial charge in [-0.15, -0.1) is 0 Å². The summed E-state index contributed by atoms with van der Waals surface area (Å²) in [4.78, 5) is 0. The minimum absolute atomic E-state index is 0.169. The van der Waals surface area contributed by atoms with Crippen LogP contribution in [0.4, 0.5) is 0 Å². The van der Waals surface area contributed by atoms with Crippen molar-refractivity contribution in [1.82, 2.24) is 0 Å². The molecule has 1 aromatic rings. The van der Waals surface area contributed by atoms with Crippen molar-refractivity contribution in [2.75, 3.05) is 0 Å². The third-order valence-electron chi connectivity index (χ3n) is 2.05. The normalized spacial score (nSPS) is 12.9. The monoisotopic (exact) mass is 177 g/mol. The van der Waals surface area contributed by atoms with E-state index in [4.69, 9.17) is 4.43 Å². The lowest BCUT2D eigenvalue weighted by molar-refractivity contribution is 0.221. The summed E-state index contributed by atoms with van der Waals surface area (Å²) in [6.45, 7) is 4.21. The van der Waals surface area contributed by atoms with E-state index >= 15 is 0 Å². The molecule has 0 saturated heterocycles. The van der Waals surface area contributed by atoms with Crippen molar-refractivity contribution in [3.05, 3.63) is 35.4 Å². The van der Waals surface area contributed by atoms with Gasteiger partial charge in [0.15, 0.2) is 0 Å². The first-order valence-corrected chi connectivity index (χ1v) is 4.58. The average Bonchev–Trinajstić information content (AvgIpc) is 2.10. The highest BCUT2D eigenvalue weighted by Gasteiger charge is 2.08. The van der Waals surface area contributed by atoms with Gasteiger partial charge in [0, 0.05) is 0 Å². The van der Waals surface area contributed by atoms with Gasteiger partial charge in [-0.2, -0.15) is 0 Å². The molecule has 12 heavy (non-hydrogen) atoms. The van der Waals surface area contributed by atoms with Crippen LogP contribution in [-0.2, 0) is 4.43 Å². The second kappa shape index (κ2) is 4.43. The minimum atomic E-state index is 0.169. The maximum atomic E-state index is 5.17. The van der Waals surface area contributed by atoms with Gasteiger partial charge in [0.1, 0.15) is 0 Å². The molecule has 63 valence electrons. The van der Waals surface area contributed by atoms with Gasteiger partial charge in [-0.25, -0.2) is 0 Å². The van der Waals surface area contributed by atoms with E-state index in [2.05, 4.69) is 36.5 Å². The van der Waals surface area contributed by atoms with E-state index in [1.807, 2.05) is 12.1 Å². The molecule has 1 unspecified atom stereocenters. The van der Waals surface area contributed by atoms with Crippen LogP contribution in [0.2, 0.25) is 0 Å². The van der Waals surface area contributed by atoms with Gasteiger partial charge >= 0.3 is 0 Å². The summed E-state index contributed by atoms with van der Waals surface area (Å²) in [7, 11) is 3.09. The van der Waals surface area contributed by atoms with E-state index in [1.54, 1.807) is 0 Å². The van der Waals surface area contributed by atoms with Crippen molar-refractivity contribution in [1.29, 1.82) is 0 Å². The molecule has 0 N–H and O–H groups in total. The van der Waals surface area contributed by atoms with Crippen molar-refractivity contribution in [3.8, 4) is 0 Å². The van der Waals surface area contributed by atoms with E-state index < -0.39 is 0 Å². The fraction of sp³-hybridized carbons (Fsp3) is 0.400. The topological polar surface area (TPSA) is 9.23 Å². The summed E-state index contributed by atoms with van der Waals surface area (Å²) in [6, 6.07) is 8.28. The van der Waals surface area contributed by atoms with Gasteiger partial charge in [-0.3, -0.25) is 0 Å². The molecule has 0 bridgehead atoms. The minimum Gasteiger partial charge on any atom is -0.412 e. The van der Waals surface area contributed by atoms with E-state index in [0.717, 1.165) is 6.42 Å². The zero-order chi connectivity index (χ0) is 8.97. The molecule has 1 atom stereocenters. The predicted octanol–water partition coefficient (Wildman–Crippen LogP) is 2.55. The third kappa shape index (κ3) is 1.96. The summed E-state index contributed by atoms with van der Waals surface area (Å²) in [5.74, 6) is 0. The number of benzene rings is 1.